The number of anilines is 1. The molecule has 0 atom stereocenters. The predicted molar refractivity (Wildman–Crippen MR) is 109 cm³/mol. The summed E-state index contributed by atoms with van der Waals surface area (Å²) in [5.41, 5.74) is 0.293. The highest BCUT2D eigenvalue weighted by Crippen LogP contribution is 2.17. The van der Waals surface area contributed by atoms with Crippen LogP contribution < -0.4 is 10.9 Å². The van der Waals surface area contributed by atoms with Crippen molar-refractivity contribution in [2.24, 2.45) is 0 Å². The minimum atomic E-state index is -0.769. The number of ether oxygens (including phenoxy) is 1. The molecule has 7 nitrogen and oxygen atoms in total. The van der Waals surface area contributed by atoms with E-state index in [1.54, 1.807) is 56.3 Å². The van der Waals surface area contributed by atoms with Gasteiger partial charge in [0.1, 0.15) is 0 Å². The third-order valence-corrected chi connectivity index (χ3v) is 4.45. The summed E-state index contributed by atoms with van der Waals surface area (Å²) in [7, 11) is 0. The van der Waals surface area contributed by atoms with Crippen molar-refractivity contribution in [2.75, 3.05) is 11.9 Å². The summed E-state index contributed by atoms with van der Waals surface area (Å²) in [5, 5.41) is 7.57. The first-order valence-corrected chi connectivity index (χ1v) is 9.40. The van der Waals surface area contributed by atoms with Crippen molar-refractivity contribution in [2.45, 2.75) is 19.9 Å². The molecule has 28 heavy (non-hydrogen) atoms. The average molecular weight is 444 g/mol. The highest BCUT2D eigenvalue weighted by molar-refractivity contribution is 9.10. The highest BCUT2D eigenvalue weighted by Gasteiger charge is 2.20. The van der Waals surface area contributed by atoms with Crippen LogP contribution in [0.15, 0.2) is 57.8 Å². The zero-order valence-corrected chi connectivity index (χ0v) is 16.9. The molecule has 1 aromatic heterocycles. The Morgan fingerprint density at radius 2 is 1.86 bits per heavy atom. The van der Waals surface area contributed by atoms with Crippen LogP contribution in [-0.4, -0.2) is 28.3 Å². The summed E-state index contributed by atoms with van der Waals surface area (Å²) >= 11 is 3.32. The lowest BCUT2D eigenvalue weighted by Crippen LogP contribution is -2.28. The Balaban J connectivity index is 1.81. The number of nitrogens with zero attached hydrogens (tertiary/aromatic N) is 2. The van der Waals surface area contributed by atoms with Gasteiger partial charge in [-0.1, -0.05) is 40.2 Å². The minimum absolute atomic E-state index is 0.000782. The molecule has 0 aliphatic heterocycles. The lowest BCUT2D eigenvalue weighted by atomic mass is 10.1. The molecule has 0 aliphatic rings. The Bertz CT molecular complexity index is 1110. The van der Waals surface area contributed by atoms with Crippen molar-refractivity contribution in [1.82, 2.24) is 9.78 Å². The molecule has 3 aromatic rings. The van der Waals surface area contributed by atoms with Crippen LogP contribution >= 0.6 is 15.9 Å². The third kappa shape index (κ3) is 4.28. The smallest absolute Gasteiger partial charge is 0.359 e. The van der Waals surface area contributed by atoms with Crippen LogP contribution in [0.5, 0.6) is 0 Å². The molecular weight excluding hydrogens is 426 g/mol. The Kier molecular flexibility index (Phi) is 5.89. The first-order chi connectivity index (χ1) is 13.4. The second-order valence-electron chi connectivity index (χ2n) is 6.37. The number of halogens is 1. The number of amides is 1. The monoisotopic (exact) mass is 443 g/mol. The van der Waals surface area contributed by atoms with Crippen LogP contribution in [0.1, 0.15) is 30.4 Å². The maximum atomic E-state index is 12.6. The fourth-order valence-electron chi connectivity index (χ4n) is 2.67. The summed E-state index contributed by atoms with van der Waals surface area (Å²) in [4.78, 5) is 37.2. The van der Waals surface area contributed by atoms with Gasteiger partial charge in [-0.3, -0.25) is 9.59 Å². The van der Waals surface area contributed by atoms with E-state index in [1.807, 2.05) is 6.07 Å². The molecule has 0 fully saturated rings. The molecule has 1 amide bonds. The molecule has 2 aromatic carbocycles. The Hall–Kier alpha value is -3.00. The number of nitrogens with one attached hydrogen (secondary N) is 1. The molecule has 0 saturated carbocycles. The van der Waals surface area contributed by atoms with Crippen LogP contribution in [0.3, 0.4) is 0 Å². The first kappa shape index (κ1) is 19.8. The summed E-state index contributed by atoms with van der Waals surface area (Å²) in [6.45, 7) is 3.12. The molecule has 0 spiro atoms. The molecule has 0 unspecified atom stereocenters. The summed E-state index contributed by atoms with van der Waals surface area (Å²) < 4.78 is 7.18. The molecular formula is C20H18BrN3O4. The van der Waals surface area contributed by atoms with Gasteiger partial charge < -0.3 is 10.1 Å². The maximum Gasteiger partial charge on any atom is 0.359 e. The number of aromatic nitrogens is 2. The van der Waals surface area contributed by atoms with E-state index in [1.165, 1.54) is 4.68 Å². The molecule has 0 aliphatic carbocycles. The molecule has 0 radical (unpaired) electrons. The number of hydrogen-bond donors (Lipinski definition) is 1. The van der Waals surface area contributed by atoms with Gasteiger partial charge in [0, 0.05) is 15.5 Å². The topological polar surface area (TPSA) is 90.3 Å². The van der Waals surface area contributed by atoms with Gasteiger partial charge in [0.05, 0.1) is 11.4 Å². The Morgan fingerprint density at radius 3 is 2.54 bits per heavy atom. The van der Waals surface area contributed by atoms with Crippen LogP contribution in [0.2, 0.25) is 0 Å². The number of carbonyl (C=O) groups excluding carboxylic acids is 2. The molecule has 1 N–H and O–H groups in total. The van der Waals surface area contributed by atoms with E-state index >= 15 is 0 Å². The van der Waals surface area contributed by atoms with E-state index in [0.29, 0.717) is 16.5 Å². The fourth-order valence-corrected chi connectivity index (χ4v) is 3.07. The lowest BCUT2D eigenvalue weighted by molar-refractivity contribution is -0.119. The Labute approximate surface area is 169 Å². The average Bonchev–Trinajstić information content (AvgIpc) is 2.66. The predicted octanol–water partition coefficient (Wildman–Crippen LogP) is 3.54. The van der Waals surface area contributed by atoms with Crippen LogP contribution in [-0.2, 0) is 9.53 Å². The molecule has 0 bridgehead atoms. The lowest BCUT2D eigenvalue weighted by Gasteiger charge is -2.13. The van der Waals surface area contributed by atoms with Crippen molar-refractivity contribution in [1.29, 1.82) is 0 Å². The quantitative estimate of drug-likeness (QED) is 0.609. The van der Waals surface area contributed by atoms with Crippen molar-refractivity contribution in [3.05, 3.63) is 69.1 Å². The highest BCUT2D eigenvalue weighted by atomic mass is 79.9. The van der Waals surface area contributed by atoms with Crippen LogP contribution in [0.4, 0.5) is 5.69 Å². The first-order valence-electron chi connectivity index (χ1n) is 8.61. The Morgan fingerprint density at radius 1 is 1.14 bits per heavy atom. The zero-order chi connectivity index (χ0) is 20.3. The second-order valence-corrected chi connectivity index (χ2v) is 7.29. The van der Waals surface area contributed by atoms with Crippen molar-refractivity contribution >= 4 is 44.3 Å². The number of fused-ring (bicyclic) bond motifs is 1. The third-order valence-electron chi connectivity index (χ3n) is 3.95. The van der Waals surface area contributed by atoms with Gasteiger partial charge in [-0.25, -0.2) is 9.48 Å². The minimum Gasteiger partial charge on any atom is -0.451 e. The van der Waals surface area contributed by atoms with Gasteiger partial charge in [0.15, 0.2) is 12.3 Å². The van der Waals surface area contributed by atoms with Gasteiger partial charge in [-0.2, -0.15) is 5.10 Å². The maximum absolute atomic E-state index is 12.6. The standard InChI is InChI=1S/C20H18BrN3O4/c1-12(2)24-19(26)16-9-4-3-8-15(16)18(23-24)20(27)28-11-17(25)22-14-7-5-6-13(21)10-14/h3-10,12H,11H2,1-2H3,(H,22,25). The number of rotatable bonds is 5. The van der Waals surface area contributed by atoms with E-state index in [0.717, 1.165) is 4.47 Å². The largest absolute Gasteiger partial charge is 0.451 e. The van der Waals surface area contributed by atoms with E-state index in [-0.39, 0.29) is 17.3 Å². The van der Waals surface area contributed by atoms with Gasteiger partial charge in [0.25, 0.3) is 11.5 Å². The van der Waals surface area contributed by atoms with Crippen molar-refractivity contribution in [3.63, 3.8) is 0 Å². The van der Waals surface area contributed by atoms with Crippen molar-refractivity contribution < 1.29 is 14.3 Å². The van der Waals surface area contributed by atoms with E-state index < -0.39 is 18.5 Å². The number of carbonyl (C=O) groups is 2. The van der Waals surface area contributed by atoms with Gasteiger partial charge in [-0.15, -0.1) is 0 Å². The normalized spacial score (nSPS) is 10.9. The van der Waals surface area contributed by atoms with Crippen LogP contribution in [0, 0.1) is 0 Å². The van der Waals surface area contributed by atoms with Crippen LogP contribution in [0.25, 0.3) is 10.8 Å². The molecule has 1 heterocycles. The zero-order valence-electron chi connectivity index (χ0n) is 15.3. The molecule has 144 valence electrons. The van der Waals surface area contributed by atoms with Crippen molar-refractivity contribution in [3.8, 4) is 0 Å². The van der Waals surface area contributed by atoms with E-state index in [4.69, 9.17) is 4.74 Å². The fraction of sp³-hybridized carbons (Fsp3) is 0.200. The summed E-state index contributed by atoms with van der Waals surface area (Å²) in [6, 6.07) is 13.5. The van der Waals surface area contributed by atoms with E-state index in [2.05, 4.69) is 26.3 Å². The SMILES string of the molecule is CC(C)n1nc(C(=O)OCC(=O)Nc2cccc(Br)c2)c2ccccc2c1=O. The molecule has 8 heteroatoms. The number of benzene rings is 2. The second kappa shape index (κ2) is 8.35. The number of esters is 1. The molecule has 0 saturated heterocycles. The molecule has 3 rings (SSSR count). The summed E-state index contributed by atoms with van der Waals surface area (Å²) in [6.07, 6.45) is 0. The van der Waals surface area contributed by atoms with Gasteiger partial charge in [-0.05, 0) is 38.1 Å². The summed E-state index contributed by atoms with van der Waals surface area (Å²) in [5.74, 6) is -1.25. The number of hydrogen-bond acceptors (Lipinski definition) is 5. The van der Waals surface area contributed by atoms with E-state index in [9.17, 15) is 14.4 Å². The van der Waals surface area contributed by atoms with Gasteiger partial charge in [0.2, 0.25) is 0 Å². The van der Waals surface area contributed by atoms with Gasteiger partial charge >= 0.3 is 5.97 Å².